The van der Waals surface area contributed by atoms with Crippen LogP contribution in [0.3, 0.4) is 0 Å². The maximum Gasteiger partial charge on any atom is 0.261 e. The summed E-state index contributed by atoms with van der Waals surface area (Å²) in [5.41, 5.74) is 1.84. The van der Waals surface area contributed by atoms with Crippen molar-refractivity contribution in [3.63, 3.8) is 0 Å². The monoisotopic (exact) mass is 576 g/mol. The molecule has 1 saturated heterocycles. The lowest BCUT2D eigenvalue weighted by Crippen LogP contribution is -2.57. The third-order valence-electron chi connectivity index (χ3n) is 9.88. The molecule has 2 heterocycles. The first-order valence-corrected chi connectivity index (χ1v) is 15.2. The Bertz CT molecular complexity index is 1520. The van der Waals surface area contributed by atoms with E-state index in [2.05, 4.69) is 43.2 Å². The molecule has 2 bridgehead atoms. The maximum atomic E-state index is 13.2. The second-order valence-electron chi connectivity index (χ2n) is 12.8. The van der Waals surface area contributed by atoms with Crippen molar-refractivity contribution >= 4 is 34.2 Å². The molecule has 5 atom stereocenters. The molecule has 4 fully saturated rings. The Morgan fingerprint density at radius 2 is 1.98 bits per heavy atom. The van der Waals surface area contributed by atoms with Crippen LogP contribution >= 0.6 is 11.6 Å². The van der Waals surface area contributed by atoms with Crippen molar-refractivity contribution in [1.29, 1.82) is 0 Å². The Labute approximate surface area is 247 Å². The molecule has 4 aliphatic rings. The molecule has 0 amide bonds. The third-order valence-corrected chi connectivity index (χ3v) is 10.1. The van der Waals surface area contributed by atoms with Gasteiger partial charge in [0.2, 0.25) is 0 Å². The summed E-state index contributed by atoms with van der Waals surface area (Å²) < 4.78 is 7.46. The number of guanidine groups is 1. The quantitative estimate of drug-likeness (QED) is 0.317. The highest BCUT2D eigenvalue weighted by atomic mass is 35.5. The summed E-state index contributed by atoms with van der Waals surface area (Å²) in [5, 5.41) is 8.42. The molecular formula is C32H41ClN6O2. The van der Waals surface area contributed by atoms with E-state index >= 15 is 0 Å². The smallest absolute Gasteiger partial charge is 0.261 e. The van der Waals surface area contributed by atoms with Gasteiger partial charge in [-0.2, -0.15) is 0 Å². The highest BCUT2D eigenvalue weighted by Gasteiger charge is 2.56. The van der Waals surface area contributed by atoms with Gasteiger partial charge in [-0.1, -0.05) is 32.4 Å². The van der Waals surface area contributed by atoms with Crippen LogP contribution in [0.15, 0.2) is 52.3 Å². The van der Waals surface area contributed by atoms with Gasteiger partial charge < -0.3 is 20.3 Å². The standard InChI is InChI=1S/C32H41ClN6O2/c1-19-17-39(13-12-34-19)31(37-27-15-21-14-26(20(27)2)32(21,3)4)35-23-8-11-25-28(16-23)36-29(38(5)30(25)40)18-41-24-9-6-22(33)7-10-24/h6-11,16,19-21,26-27,34H,12-15,17-18H2,1-5H3,(H,35,37)/t19-,20-,21-,26+,27-/m0/s1. The number of hydrogen-bond acceptors (Lipinski definition) is 5. The predicted molar refractivity (Wildman–Crippen MR) is 166 cm³/mol. The van der Waals surface area contributed by atoms with Crippen molar-refractivity contribution in [3.05, 3.63) is 63.7 Å². The number of ether oxygens (including phenoxy) is 1. The fraction of sp³-hybridized carbons (Fsp3) is 0.531. The summed E-state index contributed by atoms with van der Waals surface area (Å²) in [6.45, 7) is 12.3. The molecule has 3 saturated carbocycles. The number of nitrogens with one attached hydrogen (secondary N) is 2. The van der Waals surface area contributed by atoms with Gasteiger partial charge in [0.25, 0.3) is 5.56 Å². The molecule has 1 aromatic heterocycles. The van der Waals surface area contributed by atoms with Gasteiger partial charge in [0.05, 0.1) is 16.9 Å². The molecular weight excluding hydrogens is 536 g/mol. The van der Waals surface area contributed by atoms with Gasteiger partial charge in [-0.3, -0.25) is 9.36 Å². The van der Waals surface area contributed by atoms with Crippen LogP contribution in [-0.2, 0) is 13.7 Å². The second kappa shape index (κ2) is 11.0. The zero-order valence-electron chi connectivity index (χ0n) is 24.7. The van der Waals surface area contributed by atoms with Crippen molar-refractivity contribution in [3.8, 4) is 5.75 Å². The highest BCUT2D eigenvalue weighted by Crippen LogP contribution is 2.61. The molecule has 218 valence electrons. The Hall–Kier alpha value is -3.10. The molecule has 0 radical (unpaired) electrons. The SMILES string of the molecule is C[C@@H]1[C@@H](N=C(Nc2ccc3c(=O)n(C)c(COc4ccc(Cl)cc4)nc3c2)N2CCN[C@@H](C)C2)C[C@@H]2C[C@H]1C2(C)C. The van der Waals surface area contributed by atoms with Crippen molar-refractivity contribution in [1.82, 2.24) is 19.8 Å². The van der Waals surface area contributed by atoms with Crippen molar-refractivity contribution in [2.24, 2.45) is 35.2 Å². The predicted octanol–water partition coefficient (Wildman–Crippen LogP) is 5.30. The number of aromatic nitrogens is 2. The average Bonchev–Trinajstić information content (AvgIpc) is 2.95. The average molecular weight is 577 g/mol. The van der Waals surface area contributed by atoms with Crippen LogP contribution in [-0.4, -0.2) is 52.1 Å². The minimum absolute atomic E-state index is 0.0982. The van der Waals surface area contributed by atoms with E-state index in [0.717, 1.165) is 49.5 Å². The van der Waals surface area contributed by atoms with Crippen LogP contribution < -0.4 is 20.9 Å². The molecule has 2 N–H and O–H groups in total. The zero-order valence-corrected chi connectivity index (χ0v) is 25.4. The molecule has 9 heteroatoms. The Balaban J connectivity index is 1.28. The number of rotatable bonds is 5. The topological polar surface area (TPSA) is 83.8 Å². The summed E-state index contributed by atoms with van der Waals surface area (Å²) in [5.74, 6) is 4.17. The molecule has 8 nitrogen and oxygen atoms in total. The molecule has 7 rings (SSSR count). The summed E-state index contributed by atoms with van der Waals surface area (Å²) in [6.07, 6.45) is 2.48. The lowest BCUT2D eigenvalue weighted by atomic mass is 9.45. The van der Waals surface area contributed by atoms with Crippen LogP contribution in [0.25, 0.3) is 10.9 Å². The van der Waals surface area contributed by atoms with Gasteiger partial charge in [-0.15, -0.1) is 0 Å². The number of halogens is 1. The number of nitrogens with zero attached hydrogens (tertiary/aromatic N) is 4. The first-order chi connectivity index (χ1) is 19.6. The first-order valence-electron chi connectivity index (χ1n) is 14.8. The molecule has 0 spiro atoms. The zero-order chi connectivity index (χ0) is 28.9. The van der Waals surface area contributed by atoms with Crippen LogP contribution in [0.5, 0.6) is 5.75 Å². The van der Waals surface area contributed by atoms with Gasteiger partial charge in [-0.25, -0.2) is 9.98 Å². The van der Waals surface area contributed by atoms with Gasteiger partial charge in [-0.05, 0) is 85.4 Å². The van der Waals surface area contributed by atoms with E-state index in [9.17, 15) is 4.79 Å². The number of anilines is 1. The second-order valence-corrected chi connectivity index (χ2v) is 13.2. The van der Waals surface area contributed by atoms with Crippen LogP contribution in [0.4, 0.5) is 5.69 Å². The maximum absolute atomic E-state index is 13.2. The number of benzene rings is 2. The number of fused-ring (bicyclic) bond motifs is 3. The van der Waals surface area contributed by atoms with Gasteiger partial charge in [0, 0.05) is 43.4 Å². The summed E-state index contributed by atoms with van der Waals surface area (Å²) in [6, 6.07) is 13.6. The lowest BCUT2D eigenvalue weighted by molar-refractivity contribution is -0.108. The summed E-state index contributed by atoms with van der Waals surface area (Å²) >= 11 is 5.99. The van der Waals surface area contributed by atoms with E-state index in [1.54, 1.807) is 35.9 Å². The molecule has 1 aliphatic heterocycles. The Morgan fingerprint density at radius 1 is 1.20 bits per heavy atom. The largest absolute Gasteiger partial charge is 0.486 e. The van der Waals surface area contributed by atoms with E-state index in [4.69, 9.17) is 26.3 Å². The summed E-state index contributed by atoms with van der Waals surface area (Å²) in [7, 11) is 1.73. The first kappa shape index (κ1) is 28.0. The number of hydrogen-bond donors (Lipinski definition) is 2. The van der Waals surface area contributed by atoms with E-state index in [-0.39, 0.29) is 12.2 Å². The van der Waals surface area contributed by atoms with Gasteiger partial charge >= 0.3 is 0 Å². The normalized spacial score (nSPS) is 27.4. The summed E-state index contributed by atoms with van der Waals surface area (Å²) in [4.78, 5) is 25.8. The van der Waals surface area contributed by atoms with E-state index < -0.39 is 0 Å². The Kier molecular flexibility index (Phi) is 7.49. The number of piperazine rings is 1. The van der Waals surface area contributed by atoms with Gasteiger partial charge in [0.1, 0.15) is 18.2 Å². The van der Waals surface area contributed by atoms with E-state index in [1.807, 2.05) is 18.2 Å². The highest BCUT2D eigenvalue weighted by molar-refractivity contribution is 6.30. The molecule has 0 unspecified atom stereocenters. The van der Waals surface area contributed by atoms with Crippen molar-refractivity contribution < 1.29 is 4.74 Å². The Morgan fingerprint density at radius 3 is 2.68 bits per heavy atom. The fourth-order valence-electron chi connectivity index (χ4n) is 7.10. The fourth-order valence-corrected chi connectivity index (χ4v) is 7.23. The van der Waals surface area contributed by atoms with E-state index in [1.165, 1.54) is 6.42 Å². The minimum Gasteiger partial charge on any atom is -0.486 e. The lowest BCUT2D eigenvalue weighted by Gasteiger charge is -2.61. The van der Waals surface area contributed by atoms with Crippen LogP contribution in [0.2, 0.25) is 5.02 Å². The molecule has 41 heavy (non-hydrogen) atoms. The van der Waals surface area contributed by atoms with E-state index in [0.29, 0.717) is 50.9 Å². The number of aliphatic imine (C=N–C) groups is 1. The minimum atomic E-state index is -0.0982. The molecule has 3 aliphatic carbocycles. The van der Waals surface area contributed by atoms with Crippen LogP contribution in [0, 0.1) is 23.2 Å². The van der Waals surface area contributed by atoms with Gasteiger partial charge in [0.15, 0.2) is 5.96 Å². The van der Waals surface area contributed by atoms with Crippen molar-refractivity contribution in [2.75, 3.05) is 25.0 Å². The van der Waals surface area contributed by atoms with Crippen molar-refractivity contribution in [2.45, 2.75) is 59.2 Å². The molecule has 3 aromatic rings. The molecule has 2 aromatic carbocycles. The third kappa shape index (κ3) is 5.44. The van der Waals surface area contributed by atoms with Crippen LogP contribution in [0.1, 0.15) is 46.4 Å².